The zero-order valence-corrected chi connectivity index (χ0v) is 25.8. The monoisotopic (exact) mass is 603 g/mol. The molecule has 2 aliphatic heterocycles. The number of piperazine rings is 1. The van der Waals surface area contributed by atoms with Crippen LogP contribution in [0, 0.1) is 6.92 Å². The zero-order valence-electron chi connectivity index (χ0n) is 25.8. The van der Waals surface area contributed by atoms with E-state index in [1.165, 1.54) is 5.70 Å². The molecule has 44 heavy (non-hydrogen) atoms. The molecule has 2 aromatic heterocycles. The molecule has 3 aromatic rings. The van der Waals surface area contributed by atoms with Gasteiger partial charge in [0.05, 0.1) is 0 Å². The van der Waals surface area contributed by atoms with E-state index in [-0.39, 0.29) is 24.1 Å². The van der Waals surface area contributed by atoms with Crippen molar-refractivity contribution >= 4 is 17.1 Å². The number of alkyl halides is 1. The van der Waals surface area contributed by atoms with Crippen LogP contribution in [0.4, 0.5) is 4.39 Å². The summed E-state index contributed by atoms with van der Waals surface area (Å²) in [5.74, 6) is 1.44. The van der Waals surface area contributed by atoms with Gasteiger partial charge in [-0.15, -0.1) is 0 Å². The normalized spacial score (nSPS) is 23.3. The minimum atomic E-state index is -0.449. The maximum atomic E-state index is 12.9. The van der Waals surface area contributed by atoms with Crippen molar-refractivity contribution in [1.82, 2.24) is 34.6 Å². The number of imidazole rings is 1. The number of allylic oxidation sites excluding steroid dienone is 3. The number of carbonyl (C=O) groups is 1. The molecule has 4 heterocycles. The number of amides is 1. The van der Waals surface area contributed by atoms with E-state index in [1.807, 2.05) is 19.1 Å². The number of ether oxygens (including phenoxy) is 1. The highest BCUT2D eigenvalue weighted by Gasteiger charge is 2.32. The standard InChI is InChI=1S/C33H42FN7O3/c1-22-18-24(4-5-27(22)44-26-8-13-40(14-9-26)28(43)20-42)29-30-31(36-21-35-29)38-32(37-30)33(3)10-6-25(7-11-33)41-17-16-39(15-12-34)23(2)19-41/h4-7,10,18,21,23,26,42H,8-9,11-17,19-20H2,1-3H3,(H,35,36,37,38). The Bertz CT molecular complexity index is 1560. The summed E-state index contributed by atoms with van der Waals surface area (Å²) in [6.45, 7) is 9.98. The minimum absolute atomic E-state index is 0.0233. The minimum Gasteiger partial charge on any atom is -0.490 e. The molecule has 0 saturated carbocycles. The number of benzene rings is 1. The molecule has 10 nitrogen and oxygen atoms in total. The number of fused-ring (bicyclic) bond motifs is 1. The third-order valence-electron chi connectivity index (χ3n) is 9.35. The van der Waals surface area contributed by atoms with Crippen molar-refractivity contribution in [3.8, 4) is 17.0 Å². The topological polar surface area (TPSA) is 111 Å². The predicted octanol–water partition coefficient (Wildman–Crippen LogP) is 3.77. The van der Waals surface area contributed by atoms with Gasteiger partial charge < -0.3 is 24.6 Å². The van der Waals surface area contributed by atoms with Crippen LogP contribution in [-0.4, -0.2) is 110 Å². The number of aromatic amines is 1. The van der Waals surface area contributed by atoms with E-state index < -0.39 is 6.61 Å². The number of carbonyl (C=O) groups excluding carboxylic acids is 1. The summed E-state index contributed by atoms with van der Waals surface area (Å²) < 4.78 is 19.2. The average molecular weight is 604 g/mol. The number of aryl methyl sites for hydroxylation is 1. The number of nitrogens with one attached hydrogen (secondary N) is 1. The summed E-state index contributed by atoms with van der Waals surface area (Å²) in [6.07, 6.45) is 10.6. The molecule has 1 aromatic carbocycles. The van der Waals surface area contributed by atoms with Gasteiger partial charge in [0.2, 0.25) is 5.91 Å². The number of piperidine rings is 1. The van der Waals surface area contributed by atoms with E-state index in [2.05, 4.69) is 62.9 Å². The number of rotatable bonds is 8. The van der Waals surface area contributed by atoms with Gasteiger partial charge in [0.15, 0.2) is 5.65 Å². The van der Waals surface area contributed by atoms with Gasteiger partial charge in [0.25, 0.3) is 0 Å². The van der Waals surface area contributed by atoms with Gasteiger partial charge in [-0.25, -0.2) is 19.3 Å². The first-order chi connectivity index (χ1) is 21.3. The maximum Gasteiger partial charge on any atom is 0.248 e. The largest absolute Gasteiger partial charge is 0.490 e. The lowest BCUT2D eigenvalue weighted by atomic mass is 9.82. The summed E-state index contributed by atoms with van der Waals surface area (Å²) in [7, 11) is 0. The highest BCUT2D eigenvalue weighted by Crippen LogP contribution is 2.36. The van der Waals surface area contributed by atoms with E-state index in [1.54, 1.807) is 11.2 Å². The molecular formula is C33H42FN7O3. The molecular weight excluding hydrogens is 561 g/mol. The number of halogens is 1. The molecule has 11 heteroatoms. The lowest BCUT2D eigenvalue weighted by Crippen LogP contribution is -2.51. The SMILES string of the molecule is Cc1cc(-c2ncnc3[nH]c(C4(C)C=CC(N5CCN(CCF)C(C)C5)=CC4)nc23)ccc1OC1CCN(C(=O)CO)CC1. The first-order valence-electron chi connectivity index (χ1n) is 15.6. The third kappa shape index (κ3) is 6.08. The van der Waals surface area contributed by atoms with E-state index >= 15 is 0 Å². The molecule has 2 unspecified atom stereocenters. The highest BCUT2D eigenvalue weighted by molar-refractivity contribution is 5.87. The lowest BCUT2D eigenvalue weighted by Gasteiger charge is -2.42. The Morgan fingerprint density at radius 2 is 2.02 bits per heavy atom. The molecule has 2 fully saturated rings. The van der Waals surface area contributed by atoms with Crippen LogP contribution in [-0.2, 0) is 10.2 Å². The Morgan fingerprint density at radius 3 is 2.70 bits per heavy atom. The van der Waals surface area contributed by atoms with Crippen LogP contribution >= 0.6 is 0 Å². The van der Waals surface area contributed by atoms with Crippen molar-refractivity contribution < 1.29 is 19.0 Å². The number of aromatic nitrogens is 4. The van der Waals surface area contributed by atoms with Gasteiger partial charge >= 0.3 is 0 Å². The Hall–Kier alpha value is -3.83. The Balaban J connectivity index is 1.15. The summed E-state index contributed by atoms with van der Waals surface area (Å²) >= 11 is 0. The lowest BCUT2D eigenvalue weighted by molar-refractivity contribution is -0.135. The molecule has 234 valence electrons. The van der Waals surface area contributed by atoms with Gasteiger partial charge in [0.1, 0.15) is 48.5 Å². The van der Waals surface area contributed by atoms with Crippen LogP contribution in [0.25, 0.3) is 22.4 Å². The second-order valence-electron chi connectivity index (χ2n) is 12.4. The van der Waals surface area contributed by atoms with Crippen LogP contribution in [0.15, 0.2) is 48.5 Å². The van der Waals surface area contributed by atoms with Crippen molar-refractivity contribution in [2.75, 3.05) is 52.6 Å². The summed E-state index contributed by atoms with van der Waals surface area (Å²) in [4.78, 5) is 35.7. The fourth-order valence-corrected chi connectivity index (χ4v) is 6.54. The zero-order chi connectivity index (χ0) is 30.8. The highest BCUT2D eigenvalue weighted by atomic mass is 19.1. The van der Waals surface area contributed by atoms with Gasteiger partial charge in [-0.3, -0.25) is 9.69 Å². The molecule has 0 spiro atoms. The second-order valence-corrected chi connectivity index (χ2v) is 12.4. The second kappa shape index (κ2) is 12.6. The number of likely N-dealkylation sites (tertiary alicyclic amines) is 1. The molecule has 0 bridgehead atoms. The quantitative estimate of drug-likeness (QED) is 0.401. The maximum absolute atomic E-state index is 12.9. The predicted molar refractivity (Wildman–Crippen MR) is 167 cm³/mol. The first kappa shape index (κ1) is 30.2. The smallest absolute Gasteiger partial charge is 0.248 e. The van der Waals surface area contributed by atoms with E-state index in [4.69, 9.17) is 14.8 Å². The van der Waals surface area contributed by atoms with Crippen LogP contribution < -0.4 is 4.74 Å². The number of hydrogen-bond acceptors (Lipinski definition) is 8. The van der Waals surface area contributed by atoms with Crippen LogP contribution in [0.3, 0.4) is 0 Å². The van der Waals surface area contributed by atoms with Crippen molar-refractivity contribution in [3.05, 3.63) is 59.8 Å². The molecule has 6 rings (SSSR count). The fourth-order valence-electron chi connectivity index (χ4n) is 6.54. The molecule has 3 aliphatic rings. The number of nitrogens with zero attached hydrogens (tertiary/aromatic N) is 6. The van der Waals surface area contributed by atoms with E-state index in [0.717, 1.165) is 72.8 Å². The average Bonchev–Trinajstić information content (AvgIpc) is 3.49. The summed E-state index contributed by atoms with van der Waals surface area (Å²) in [5.41, 5.74) is 5.05. The molecule has 0 radical (unpaired) electrons. The number of H-pyrrole nitrogens is 1. The Kier molecular flexibility index (Phi) is 8.68. The first-order valence-corrected chi connectivity index (χ1v) is 15.6. The van der Waals surface area contributed by atoms with Gasteiger partial charge in [-0.2, -0.15) is 0 Å². The molecule has 2 atom stereocenters. The van der Waals surface area contributed by atoms with Gasteiger partial charge in [-0.05, 0) is 57.0 Å². The van der Waals surface area contributed by atoms with Crippen molar-refractivity contribution in [2.45, 2.75) is 57.6 Å². The van der Waals surface area contributed by atoms with Crippen LogP contribution in [0.2, 0.25) is 0 Å². The van der Waals surface area contributed by atoms with Crippen LogP contribution in [0.5, 0.6) is 5.75 Å². The summed E-state index contributed by atoms with van der Waals surface area (Å²) in [6, 6.07) is 6.38. The van der Waals surface area contributed by atoms with Crippen LogP contribution in [0.1, 0.15) is 44.5 Å². The number of aliphatic hydroxyl groups excluding tert-OH is 1. The Morgan fingerprint density at radius 1 is 1.20 bits per heavy atom. The van der Waals surface area contributed by atoms with Gasteiger partial charge in [0, 0.05) is 74.8 Å². The summed E-state index contributed by atoms with van der Waals surface area (Å²) in [5, 5.41) is 9.12. The van der Waals surface area contributed by atoms with Crippen molar-refractivity contribution in [3.63, 3.8) is 0 Å². The van der Waals surface area contributed by atoms with E-state index in [9.17, 15) is 9.18 Å². The van der Waals surface area contributed by atoms with Crippen molar-refractivity contribution in [1.29, 1.82) is 0 Å². The molecule has 2 N–H and O–H groups in total. The number of aliphatic hydroxyl groups is 1. The number of hydrogen-bond donors (Lipinski definition) is 2. The van der Waals surface area contributed by atoms with Gasteiger partial charge in [-0.1, -0.05) is 12.2 Å². The molecule has 2 saturated heterocycles. The Labute approximate surface area is 257 Å². The molecule has 1 amide bonds. The molecule has 1 aliphatic carbocycles. The van der Waals surface area contributed by atoms with E-state index in [0.29, 0.717) is 31.3 Å². The fraction of sp³-hybridized carbons (Fsp3) is 0.515. The third-order valence-corrected chi connectivity index (χ3v) is 9.35. The van der Waals surface area contributed by atoms with Crippen molar-refractivity contribution in [2.24, 2.45) is 0 Å².